The summed E-state index contributed by atoms with van der Waals surface area (Å²) in [6.45, 7) is 1.79. The Morgan fingerprint density at radius 3 is 2.52 bits per heavy atom. The molecule has 1 atom stereocenters. The van der Waals surface area contributed by atoms with Gasteiger partial charge in [-0.1, -0.05) is 18.2 Å². The Hall–Kier alpha value is -2.43. The topological polar surface area (TPSA) is 38.3 Å². The molecule has 2 rings (SSSR count). The molecule has 0 bridgehead atoms. The second kappa shape index (κ2) is 6.35. The second-order valence-corrected chi connectivity index (χ2v) is 4.57. The van der Waals surface area contributed by atoms with Gasteiger partial charge in [0.2, 0.25) is 0 Å². The molecule has 0 aliphatic rings. The first-order valence-electron chi connectivity index (χ1n) is 6.41. The van der Waals surface area contributed by atoms with Crippen molar-refractivity contribution < 1.29 is 18.3 Å². The summed E-state index contributed by atoms with van der Waals surface area (Å²) in [5.74, 6) is -1.86. The van der Waals surface area contributed by atoms with Gasteiger partial charge in [-0.15, -0.1) is 0 Å². The Morgan fingerprint density at radius 1 is 1.14 bits per heavy atom. The van der Waals surface area contributed by atoms with E-state index in [0.29, 0.717) is 5.75 Å². The molecule has 2 aromatic rings. The van der Waals surface area contributed by atoms with E-state index in [4.69, 9.17) is 4.74 Å². The summed E-state index contributed by atoms with van der Waals surface area (Å²) in [6, 6.07) is 9.98. The molecule has 0 saturated carbocycles. The van der Waals surface area contributed by atoms with Gasteiger partial charge in [-0.3, -0.25) is 4.79 Å². The number of carbonyl (C=O) groups excluding carboxylic acids is 1. The molecule has 1 amide bonds. The minimum absolute atomic E-state index is 0.0654. The molecule has 0 aromatic heterocycles. The lowest BCUT2D eigenvalue weighted by atomic mass is 10.1. The van der Waals surface area contributed by atoms with Crippen LogP contribution in [0.2, 0.25) is 0 Å². The highest BCUT2D eigenvalue weighted by Gasteiger charge is 2.15. The fraction of sp³-hybridized carbons (Fsp3) is 0.188. The molecule has 0 aliphatic heterocycles. The molecule has 5 heteroatoms. The van der Waals surface area contributed by atoms with Gasteiger partial charge < -0.3 is 10.1 Å². The van der Waals surface area contributed by atoms with Crippen LogP contribution in [0.5, 0.6) is 5.75 Å². The zero-order chi connectivity index (χ0) is 15.4. The van der Waals surface area contributed by atoms with Crippen LogP contribution in [-0.2, 0) is 0 Å². The number of ether oxygens (including phenoxy) is 1. The molecule has 3 nitrogen and oxygen atoms in total. The minimum atomic E-state index is -1.05. The summed E-state index contributed by atoms with van der Waals surface area (Å²) in [7, 11) is 1.54. The van der Waals surface area contributed by atoms with Crippen LogP contribution >= 0.6 is 0 Å². The number of hydrogen-bond acceptors (Lipinski definition) is 2. The molecule has 0 spiro atoms. The molecule has 1 N–H and O–H groups in total. The third-order valence-corrected chi connectivity index (χ3v) is 3.13. The zero-order valence-corrected chi connectivity index (χ0v) is 11.7. The summed E-state index contributed by atoms with van der Waals surface area (Å²) < 4.78 is 31.2. The van der Waals surface area contributed by atoms with Crippen molar-refractivity contribution >= 4 is 5.91 Å². The van der Waals surface area contributed by atoms with Gasteiger partial charge in [-0.25, -0.2) is 8.78 Å². The molecule has 0 radical (unpaired) electrons. The first-order valence-corrected chi connectivity index (χ1v) is 6.41. The lowest BCUT2D eigenvalue weighted by Crippen LogP contribution is -2.27. The average Bonchev–Trinajstić information content (AvgIpc) is 2.49. The highest BCUT2D eigenvalue weighted by atomic mass is 19.2. The normalized spacial score (nSPS) is 11.8. The highest BCUT2D eigenvalue weighted by molar-refractivity contribution is 5.94. The first kappa shape index (κ1) is 15.0. The van der Waals surface area contributed by atoms with Crippen molar-refractivity contribution in [3.05, 3.63) is 65.2 Å². The standard InChI is InChI=1S/C16H15F2NO2/c1-10(12-5-3-4-6-15(12)21-2)19-16(20)11-7-8-13(17)14(18)9-11/h3-10H,1-2H3,(H,19,20)/t10-/m1/s1. The summed E-state index contributed by atoms with van der Waals surface area (Å²) in [5, 5.41) is 2.73. The van der Waals surface area contributed by atoms with Gasteiger partial charge in [0.15, 0.2) is 11.6 Å². The van der Waals surface area contributed by atoms with Gasteiger partial charge >= 0.3 is 0 Å². The first-order chi connectivity index (χ1) is 10.0. The summed E-state index contributed by atoms with van der Waals surface area (Å²) >= 11 is 0. The van der Waals surface area contributed by atoms with E-state index in [9.17, 15) is 13.6 Å². The van der Waals surface area contributed by atoms with Crippen LogP contribution in [0, 0.1) is 11.6 Å². The fourth-order valence-corrected chi connectivity index (χ4v) is 2.02. The number of nitrogens with one attached hydrogen (secondary N) is 1. The van der Waals surface area contributed by atoms with Crippen molar-refractivity contribution in [2.24, 2.45) is 0 Å². The third-order valence-electron chi connectivity index (χ3n) is 3.13. The van der Waals surface area contributed by atoms with Gasteiger partial charge in [0.1, 0.15) is 5.75 Å². The second-order valence-electron chi connectivity index (χ2n) is 4.57. The molecule has 0 saturated heterocycles. The molecule has 21 heavy (non-hydrogen) atoms. The Morgan fingerprint density at radius 2 is 1.86 bits per heavy atom. The van der Waals surface area contributed by atoms with Gasteiger partial charge in [-0.05, 0) is 31.2 Å². The fourth-order valence-electron chi connectivity index (χ4n) is 2.02. The maximum Gasteiger partial charge on any atom is 0.251 e. The van der Waals surface area contributed by atoms with Crippen LogP contribution in [0.3, 0.4) is 0 Å². The van der Waals surface area contributed by atoms with E-state index >= 15 is 0 Å². The van der Waals surface area contributed by atoms with Crippen LogP contribution < -0.4 is 10.1 Å². The zero-order valence-electron chi connectivity index (χ0n) is 11.7. The number of halogens is 2. The third kappa shape index (κ3) is 3.37. The highest BCUT2D eigenvalue weighted by Crippen LogP contribution is 2.24. The predicted molar refractivity (Wildman–Crippen MR) is 75.2 cm³/mol. The van der Waals surface area contributed by atoms with E-state index in [0.717, 1.165) is 17.7 Å². The van der Waals surface area contributed by atoms with Crippen LogP contribution in [0.4, 0.5) is 8.78 Å². The van der Waals surface area contributed by atoms with E-state index in [1.807, 2.05) is 18.2 Å². The Kier molecular flexibility index (Phi) is 4.52. The van der Waals surface area contributed by atoms with E-state index in [1.165, 1.54) is 6.07 Å². The van der Waals surface area contributed by atoms with E-state index < -0.39 is 17.5 Å². The van der Waals surface area contributed by atoms with Gasteiger partial charge in [0.25, 0.3) is 5.91 Å². The molecule has 0 aliphatic carbocycles. The number of hydrogen-bond donors (Lipinski definition) is 1. The monoisotopic (exact) mass is 291 g/mol. The molecule has 0 unspecified atom stereocenters. The molecular formula is C16H15F2NO2. The van der Waals surface area contributed by atoms with Gasteiger partial charge in [0, 0.05) is 11.1 Å². The van der Waals surface area contributed by atoms with Crippen LogP contribution in [0.15, 0.2) is 42.5 Å². The summed E-state index contributed by atoms with van der Waals surface area (Å²) in [6.07, 6.45) is 0. The number of benzene rings is 2. The average molecular weight is 291 g/mol. The van der Waals surface area contributed by atoms with E-state index in [1.54, 1.807) is 20.1 Å². The van der Waals surface area contributed by atoms with Crippen LogP contribution in [0.25, 0.3) is 0 Å². The van der Waals surface area contributed by atoms with Crippen LogP contribution in [0.1, 0.15) is 28.9 Å². The van der Waals surface area contributed by atoms with Crippen molar-refractivity contribution in [3.63, 3.8) is 0 Å². The SMILES string of the molecule is COc1ccccc1[C@@H](C)NC(=O)c1ccc(F)c(F)c1. The van der Waals surface area contributed by atoms with Crippen molar-refractivity contribution in [3.8, 4) is 5.75 Å². The molecule has 110 valence electrons. The molecule has 2 aromatic carbocycles. The van der Waals surface area contributed by atoms with Gasteiger partial charge in [0.05, 0.1) is 13.2 Å². The minimum Gasteiger partial charge on any atom is -0.496 e. The number of rotatable bonds is 4. The maximum absolute atomic E-state index is 13.1. The number of para-hydroxylation sites is 1. The van der Waals surface area contributed by atoms with Crippen molar-refractivity contribution in [1.29, 1.82) is 0 Å². The number of amides is 1. The molecule has 0 heterocycles. The quantitative estimate of drug-likeness (QED) is 0.936. The lowest BCUT2D eigenvalue weighted by Gasteiger charge is -2.17. The summed E-state index contributed by atoms with van der Waals surface area (Å²) in [4.78, 5) is 12.1. The Balaban J connectivity index is 2.16. The predicted octanol–water partition coefficient (Wildman–Crippen LogP) is 3.46. The number of carbonyl (C=O) groups is 1. The van der Waals surface area contributed by atoms with Gasteiger partial charge in [-0.2, -0.15) is 0 Å². The maximum atomic E-state index is 13.1. The van der Waals surface area contributed by atoms with Crippen molar-refractivity contribution in [2.45, 2.75) is 13.0 Å². The lowest BCUT2D eigenvalue weighted by molar-refractivity contribution is 0.0939. The smallest absolute Gasteiger partial charge is 0.251 e. The Bertz CT molecular complexity index is 658. The summed E-state index contributed by atoms with van der Waals surface area (Å²) in [5.41, 5.74) is 0.867. The van der Waals surface area contributed by atoms with Crippen LogP contribution in [-0.4, -0.2) is 13.0 Å². The number of methoxy groups -OCH3 is 1. The van der Waals surface area contributed by atoms with Crippen molar-refractivity contribution in [1.82, 2.24) is 5.32 Å². The largest absolute Gasteiger partial charge is 0.496 e. The van der Waals surface area contributed by atoms with Crippen molar-refractivity contribution in [2.75, 3.05) is 7.11 Å². The Labute approximate surface area is 121 Å². The molecular weight excluding hydrogens is 276 g/mol. The van der Waals surface area contributed by atoms with E-state index in [-0.39, 0.29) is 11.6 Å². The molecule has 0 fully saturated rings. The van der Waals surface area contributed by atoms with E-state index in [2.05, 4.69) is 5.32 Å².